The normalized spacial score (nSPS) is 10.2. The van der Waals surface area contributed by atoms with Gasteiger partial charge in [-0.1, -0.05) is 6.07 Å². The average molecular weight is 178 g/mol. The van der Waals surface area contributed by atoms with Gasteiger partial charge in [0, 0.05) is 5.56 Å². The van der Waals surface area contributed by atoms with Gasteiger partial charge in [0.25, 0.3) is 0 Å². The van der Waals surface area contributed by atoms with Crippen molar-refractivity contribution in [1.82, 2.24) is 0 Å². The Kier molecular flexibility index (Phi) is 2.83. The quantitative estimate of drug-likeness (QED) is 0.703. The Bertz CT molecular complexity index is 340. The predicted molar refractivity (Wildman–Crippen MR) is 51.8 cm³/mol. The van der Waals surface area contributed by atoms with Crippen molar-refractivity contribution in [2.45, 2.75) is 27.4 Å². The van der Waals surface area contributed by atoms with Gasteiger partial charge < -0.3 is 5.11 Å². The van der Waals surface area contributed by atoms with Crippen molar-refractivity contribution in [1.29, 1.82) is 0 Å². The number of carbonyl (C=O) groups is 1. The summed E-state index contributed by atoms with van der Waals surface area (Å²) in [6.07, 6.45) is 0. The van der Waals surface area contributed by atoms with Gasteiger partial charge in [0.05, 0.1) is 6.61 Å². The number of aliphatic hydroxyl groups excluding tert-OH is 1. The molecule has 70 valence electrons. The molecule has 0 unspecified atom stereocenters. The highest BCUT2D eigenvalue weighted by molar-refractivity contribution is 5.95. The second-order valence-electron chi connectivity index (χ2n) is 3.31. The van der Waals surface area contributed by atoms with E-state index < -0.39 is 0 Å². The maximum absolute atomic E-state index is 11.2. The van der Waals surface area contributed by atoms with Gasteiger partial charge in [0.1, 0.15) is 0 Å². The Hall–Kier alpha value is -1.15. The zero-order valence-electron chi connectivity index (χ0n) is 8.22. The molecule has 0 bridgehead atoms. The molecule has 13 heavy (non-hydrogen) atoms. The fraction of sp³-hybridized carbons (Fsp3) is 0.364. The molecule has 1 rings (SSSR count). The first-order valence-electron chi connectivity index (χ1n) is 4.28. The first kappa shape index (κ1) is 9.93. The zero-order chi connectivity index (χ0) is 10.0. The van der Waals surface area contributed by atoms with E-state index in [2.05, 4.69) is 0 Å². The van der Waals surface area contributed by atoms with Crippen molar-refractivity contribution < 1.29 is 9.90 Å². The highest BCUT2D eigenvalue weighted by Gasteiger charge is 2.06. The summed E-state index contributed by atoms with van der Waals surface area (Å²) in [7, 11) is 0. The summed E-state index contributed by atoms with van der Waals surface area (Å²) in [6.45, 7) is 5.37. The molecule has 0 heterocycles. The topological polar surface area (TPSA) is 37.3 Å². The molecule has 2 heteroatoms. The minimum Gasteiger partial charge on any atom is -0.392 e. The zero-order valence-corrected chi connectivity index (χ0v) is 8.22. The van der Waals surface area contributed by atoms with Crippen LogP contribution in [0.3, 0.4) is 0 Å². The lowest BCUT2D eigenvalue weighted by molar-refractivity contribution is 0.101. The molecular formula is C11H14O2. The molecule has 1 aromatic rings. The number of aryl methyl sites for hydroxylation is 2. The molecule has 0 saturated heterocycles. The number of Topliss-reactive ketones (excluding diaryl/α,β-unsaturated/α-hetero) is 1. The number of hydrogen-bond donors (Lipinski definition) is 1. The van der Waals surface area contributed by atoms with Crippen molar-refractivity contribution in [3.63, 3.8) is 0 Å². The van der Waals surface area contributed by atoms with E-state index in [0.717, 1.165) is 22.3 Å². The number of hydrogen-bond acceptors (Lipinski definition) is 2. The van der Waals surface area contributed by atoms with Crippen LogP contribution < -0.4 is 0 Å². The third-order valence-electron chi connectivity index (χ3n) is 2.23. The van der Waals surface area contributed by atoms with Crippen LogP contribution in [0.1, 0.15) is 34.0 Å². The number of carbonyl (C=O) groups excluding carboxylic acids is 1. The van der Waals surface area contributed by atoms with Gasteiger partial charge in [-0.25, -0.2) is 0 Å². The van der Waals surface area contributed by atoms with Crippen LogP contribution in [-0.2, 0) is 6.61 Å². The molecule has 0 spiro atoms. The fourth-order valence-electron chi connectivity index (χ4n) is 1.43. The van der Waals surface area contributed by atoms with E-state index in [1.165, 1.54) is 0 Å². The Morgan fingerprint density at radius 1 is 1.31 bits per heavy atom. The molecule has 1 aromatic carbocycles. The van der Waals surface area contributed by atoms with Crippen molar-refractivity contribution >= 4 is 5.78 Å². The highest BCUT2D eigenvalue weighted by atomic mass is 16.3. The van der Waals surface area contributed by atoms with Crippen LogP contribution in [0.2, 0.25) is 0 Å². The maximum atomic E-state index is 11.2. The van der Waals surface area contributed by atoms with E-state index in [1.807, 2.05) is 26.0 Å². The molecule has 1 N–H and O–H groups in total. The van der Waals surface area contributed by atoms with Crippen LogP contribution in [0, 0.1) is 13.8 Å². The summed E-state index contributed by atoms with van der Waals surface area (Å²) in [5.74, 6) is 0.0742. The van der Waals surface area contributed by atoms with Crippen LogP contribution in [0.4, 0.5) is 0 Å². The Morgan fingerprint density at radius 2 is 1.92 bits per heavy atom. The van der Waals surface area contributed by atoms with Gasteiger partial charge in [-0.2, -0.15) is 0 Å². The van der Waals surface area contributed by atoms with Gasteiger partial charge in [-0.05, 0) is 43.5 Å². The van der Waals surface area contributed by atoms with Crippen molar-refractivity contribution in [2.75, 3.05) is 0 Å². The first-order valence-corrected chi connectivity index (χ1v) is 4.28. The Balaban J connectivity index is 3.28. The van der Waals surface area contributed by atoms with Gasteiger partial charge >= 0.3 is 0 Å². The van der Waals surface area contributed by atoms with E-state index in [9.17, 15) is 4.79 Å². The van der Waals surface area contributed by atoms with Crippen LogP contribution in [0.15, 0.2) is 12.1 Å². The molecule has 0 saturated carbocycles. The van der Waals surface area contributed by atoms with E-state index >= 15 is 0 Å². The third-order valence-corrected chi connectivity index (χ3v) is 2.23. The molecule has 0 fully saturated rings. The lowest BCUT2D eigenvalue weighted by Gasteiger charge is -2.07. The maximum Gasteiger partial charge on any atom is 0.160 e. The fourth-order valence-corrected chi connectivity index (χ4v) is 1.43. The summed E-state index contributed by atoms with van der Waals surface area (Å²) in [5.41, 5.74) is 3.54. The SMILES string of the molecule is CC(=O)c1cc(C)c(CO)cc1C. The average Bonchev–Trinajstić information content (AvgIpc) is 2.07. The molecule has 0 aliphatic heterocycles. The van der Waals surface area contributed by atoms with E-state index in [4.69, 9.17) is 5.11 Å². The Morgan fingerprint density at radius 3 is 2.38 bits per heavy atom. The number of rotatable bonds is 2. The molecule has 0 amide bonds. The summed E-state index contributed by atoms with van der Waals surface area (Å²) >= 11 is 0. The molecule has 2 nitrogen and oxygen atoms in total. The van der Waals surface area contributed by atoms with E-state index in [1.54, 1.807) is 6.92 Å². The van der Waals surface area contributed by atoms with Gasteiger partial charge in [-0.15, -0.1) is 0 Å². The highest BCUT2D eigenvalue weighted by Crippen LogP contribution is 2.16. The second-order valence-corrected chi connectivity index (χ2v) is 3.31. The molecule has 0 aliphatic rings. The van der Waals surface area contributed by atoms with Crippen molar-refractivity contribution in [3.8, 4) is 0 Å². The Labute approximate surface area is 78.2 Å². The smallest absolute Gasteiger partial charge is 0.160 e. The monoisotopic (exact) mass is 178 g/mol. The number of benzene rings is 1. The summed E-state index contributed by atoms with van der Waals surface area (Å²) in [5, 5.41) is 8.99. The molecule has 0 radical (unpaired) electrons. The number of ketones is 1. The predicted octanol–water partition coefficient (Wildman–Crippen LogP) is 2.00. The third kappa shape index (κ3) is 1.95. The van der Waals surface area contributed by atoms with E-state index in [-0.39, 0.29) is 12.4 Å². The lowest BCUT2D eigenvalue weighted by atomic mass is 9.98. The van der Waals surface area contributed by atoms with Gasteiger partial charge in [0.15, 0.2) is 5.78 Å². The van der Waals surface area contributed by atoms with Crippen LogP contribution in [0.25, 0.3) is 0 Å². The molecule has 0 aliphatic carbocycles. The first-order chi connectivity index (χ1) is 6.06. The largest absolute Gasteiger partial charge is 0.392 e. The summed E-state index contributed by atoms with van der Waals surface area (Å²) in [4.78, 5) is 11.2. The van der Waals surface area contributed by atoms with Crippen molar-refractivity contribution in [2.24, 2.45) is 0 Å². The van der Waals surface area contributed by atoms with E-state index in [0.29, 0.717) is 0 Å². The van der Waals surface area contributed by atoms with Gasteiger partial charge in [0.2, 0.25) is 0 Å². The van der Waals surface area contributed by atoms with Crippen LogP contribution >= 0.6 is 0 Å². The van der Waals surface area contributed by atoms with Gasteiger partial charge in [-0.3, -0.25) is 4.79 Å². The standard InChI is InChI=1S/C11H14O2/c1-7-5-11(9(3)13)8(2)4-10(7)6-12/h4-5,12H,6H2,1-3H3. The second kappa shape index (κ2) is 3.71. The summed E-state index contributed by atoms with van der Waals surface area (Å²) < 4.78 is 0. The molecule has 0 atom stereocenters. The minimum absolute atomic E-state index is 0.0326. The lowest BCUT2D eigenvalue weighted by Crippen LogP contribution is -2.00. The summed E-state index contributed by atoms with van der Waals surface area (Å²) in [6, 6.07) is 3.70. The van der Waals surface area contributed by atoms with Crippen LogP contribution in [0.5, 0.6) is 0 Å². The number of aliphatic hydroxyl groups is 1. The molecule has 0 aromatic heterocycles. The van der Waals surface area contributed by atoms with Crippen molar-refractivity contribution in [3.05, 3.63) is 34.4 Å². The minimum atomic E-state index is 0.0326. The molecular weight excluding hydrogens is 164 g/mol. The van der Waals surface area contributed by atoms with Crippen LogP contribution in [-0.4, -0.2) is 10.9 Å².